The first-order chi connectivity index (χ1) is 14.6. The molecule has 0 aromatic heterocycles. The van der Waals surface area contributed by atoms with E-state index >= 15 is 0 Å². The number of amides is 2. The highest BCUT2D eigenvalue weighted by atomic mass is 16.5. The van der Waals surface area contributed by atoms with Crippen LogP contribution in [-0.4, -0.2) is 44.0 Å². The summed E-state index contributed by atoms with van der Waals surface area (Å²) in [5.74, 6) is -0.817. The topological polar surface area (TPSA) is 88.9 Å². The first-order valence-corrected chi connectivity index (χ1v) is 10.3. The van der Waals surface area contributed by atoms with Crippen molar-refractivity contribution in [2.75, 3.05) is 36.9 Å². The summed E-state index contributed by atoms with van der Waals surface area (Å²) in [6, 6.07) is 16.1. The number of anilines is 2. The number of benzene rings is 2. The Labute approximate surface area is 176 Å². The van der Waals surface area contributed by atoms with Crippen molar-refractivity contribution in [3.05, 3.63) is 60.2 Å². The van der Waals surface area contributed by atoms with Gasteiger partial charge in [-0.3, -0.25) is 14.4 Å². The second-order valence-electron chi connectivity index (χ2n) is 7.39. The molecule has 2 aromatic rings. The molecule has 1 aliphatic rings. The van der Waals surface area contributed by atoms with Crippen LogP contribution in [0.15, 0.2) is 54.6 Å². The van der Waals surface area contributed by atoms with Crippen molar-refractivity contribution < 1.29 is 24.0 Å². The molecule has 158 valence electrons. The van der Waals surface area contributed by atoms with Gasteiger partial charge in [0.2, 0.25) is 0 Å². The molecule has 1 aliphatic heterocycles. The number of para-hydroxylation sites is 2. The van der Waals surface area contributed by atoms with Crippen LogP contribution >= 0.6 is 0 Å². The van der Waals surface area contributed by atoms with E-state index in [0.29, 0.717) is 30.1 Å². The zero-order valence-corrected chi connectivity index (χ0v) is 17.1. The van der Waals surface area contributed by atoms with Gasteiger partial charge in [-0.1, -0.05) is 30.3 Å². The summed E-state index contributed by atoms with van der Waals surface area (Å²) < 4.78 is 5.12. The van der Waals surface area contributed by atoms with Gasteiger partial charge in [0, 0.05) is 5.69 Å². The molecule has 0 aliphatic carbocycles. The summed E-state index contributed by atoms with van der Waals surface area (Å²) in [6.07, 6.45) is 1.68. The van der Waals surface area contributed by atoms with Crippen molar-refractivity contribution in [3.8, 4) is 0 Å². The van der Waals surface area contributed by atoms with Crippen LogP contribution in [0.4, 0.5) is 11.4 Å². The number of nitrogens with one attached hydrogen (secondary N) is 3. The van der Waals surface area contributed by atoms with Crippen LogP contribution in [-0.2, 0) is 14.3 Å². The van der Waals surface area contributed by atoms with E-state index in [4.69, 9.17) is 4.74 Å². The monoisotopic (exact) mass is 410 g/mol. The lowest BCUT2D eigenvalue weighted by molar-refractivity contribution is -0.899. The minimum Gasteiger partial charge on any atom is -0.466 e. The Bertz CT molecular complexity index is 885. The summed E-state index contributed by atoms with van der Waals surface area (Å²) in [5, 5.41) is 5.69. The molecule has 0 saturated carbocycles. The minimum atomic E-state index is -0.287. The van der Waals surface area contributed by atoms with E-state index in [0.717, 1.165) is 24.3 Å². The number of quaternary nitrogens is 1. The van der Waals surface area contributed by atoms with Crippen molar-refractivity contribution in [3.63, 3.8) is 0 Å². The predicted molar refractivity (Wildman–Crippen MR) is 114 cm³/mol. The maximum Gasteiger partial charge on any atom is 0.314 e. The number of rotatable bonds is 7. The highest BCUT2D eigenvalue weighted by Crippen LogP contribution is 2.17. The second-order valence-corrected chi connectivity index (χ2v) is 7.39. The van der Waals surface area contributed by atoms with Crippen LogP contribution in [0, 0.1) is 5.92 Å². The number of carbonyl (C=O) groups excluding carboxylic acids is 3. The van der Waals surface area contributed by atoms with Crippen LogP contribution in [0.5, 0.6) is 0 Å². The van der Waals surface area contributed by atoms with Crippen LogP contribution in [0.25, 0.3) is 0 Å². The summed E-state index contributed by atoms with van der Waals surface area (Å²) in [5.41, 5.74) is 1.55. The maximum atomic E-state index is 12.7. The number of hydrogen-bond donors (Lipinski definition) is 3. The summed E-state index contributed by atoms with van der Waals surface area (Å²) >= 11 is 0. The average Bonchev–Trinajstić information content (AvgIpc) is 2.75. The van der Waals surface area contributed by atoms with Gasteiger partial charge in [0.15, 0.2) is 6.54 Å². The molecule has 2 amide bonds. The largest absolute Gasteiger partial charge is 0.466 e. The molecule has 2 atom stereocenters. The third-order valence-electron chi connectivity index (χ3n) is 5.13. The average molecular weight is 410 g/mol. The molecular formula is C23H28N3O4+. The SMILES string of the molecule is CCOC(=O)[C@H]1CCC[NH+](CC(=O)Nc2ccccc2C(=O)Nc2ccccc2)C1. The highest BCUT2D eigenvalue weighted by molar-refractivity contribution is 6.10. The lowest BCUT2D eigenvalue weighted by Gasteiger charge is -2.28. The maximum absolute atomic E-state index is 12.7. The van der Waals surface area contributed by atoms with Gasteiger partial charge in [0.05, 0.1) is 30.9 Å². The first-order valence-electron chi connectivity index (χ1n) is 10.3. The molecule has 0 bridgehead atoms. The van der Waals surface area contributed by atoms with E-state index in [1.165, 1.54) is 0 Å². The zero-order chi connectivity index (χ0) is 21.3. The van der Waals surface area contributed by atoms with Gasteiger partial charge in [-0.2, -0.15) is 0 Å². The van der Waals surface area contributed by atoms with Gasteiger partial charge in [0.25, 0.3) is 11.8 Å². The van der Waals surface area contributed by atoms with Crippen molar-refractivity contribution in [1.29, 1.82) is 0 Å². The van der Waals surface area contributed by atoms with Crippen LogP contribution in [0.2, 0.25) is 0 Å². The zero-order valence-electron chi connectivity index (χ0n) is 17.1. The molecule has 1 unspecified atom stereocenters. The highest BCUT2D eigenvalue weighted by Gasteiger charge is 2.30. The second kappa shape index (κ2) is 10.5. The molecule has 3 N–H and O–H groups in total. The van der Waals surface area contributed by atoms with Gasteiger partial charge in [-0.25, -0.2) is 0 Å². The smallest absolute Gasteiger partial charge is 0.314 e. The molecule has 1 heterocycles. The Balaban J connectivity index is 1.60. The van der Waals surface area contributed by atoms with E-state index in [1.807, 2.05) is 18.2 Å². The van der Waals surface area contributed by atoms with Gasteiger partial charge in [-0.15, -0.1) is 0 Å². The van der Waals surface area contributed by atoms with Crippen molar-refractivity contribution in [2.24, 2.45) is 5.92 Å². The standard InChI is InChI=1S/C23H27N3O4/c1-2-30-23(29)17-9-8-14-26(15-17)16-21(27)25-20-13-7-6-12-19(20)22(28)24-18-10-4-3-5-11-18/h3-7,10-13,17H,2,8-9,14-16H2,1H3,(H,24,28)(H,25,27)/p+1/t17-/m0/s1. The van der Waals surface area contributed by atoms with Crippen LogP contribution in [0.1, 0.15) is 30.1 Å². The number of ether oxygens (including phenoxy) is 1. The fraction of sp³-hybridized carbons (Fsp3) is 0.348. The lowest BCUT2D eigenvalue weighted by atomic mass is 9.98. The van der Waals surface area contributed by atoms with Gasteiger partial charge in [0.1, 0.15) is 5.92 Å². The molecule has 1 fully saturated rings. The van der Waals surface area contributed by atoms with Crippen molar-refractivity contribution in [1.82, 2.24) is 0 Å². The van der Waals surface area contributed by atoms with Gasteiger partial charge >= 0.3 is 5.97 Å². The number of piperidine rings is 1. The molecule has 0 radical (unpaired) electrons. The predicted octanol–water partition coefficient (Wildman–Crippen LogP) is 1.74. The Morgan fingerprint density at radius 2 is 1.77 bits per heavy atom. The van der Waals surface area contributed by atoms with E-state index < -0.39 is 0 Å². The van der Waals surface area contributed by atoms with Crippen molar-refractivity contribution in [2.45, 2.75) is 19.8 Å². The summed E-state index contributed by atoms with van der Waals surface area (Å²) in [6.45, 7) is 3.82. The Morgan fingerprint density at radius 1 is 1.03 bits per heavy atom. The number of carbonyl (C=O) groups is 3. The van der Waals surface area contributed by atoms with Crippen molar-refractivity contribution >= 4 is 29.2 Å². The molecule has 2 aromatic carbocycles. The summed E-state index contributed by atoms with van der Waals surface area (Å²) in [4.78, 5) is 38.4. The normalized spacial score (nSPS) is 18.3. The van der Waals surface area contributed by atoms with Gasteiger partial charge < -0.3 is 20.3 Å². The molecular weight excluding hydrogens is 382 g/mol. The Morgan fingerprint density at radius 3 is 2.53 bits per heavy atom. The quantitative estimate of drug-likeness (QED) is 0.607. The summed E-state index contributed by atoms with van der Waals surface area (Å²) in [7, 11) is 0. The number of hydrogen-bond acceptors (Lipinski definition) is 4. The number of likely N-dealkylation sites (tertiary alicyclic amines) is 1. The van der Waals surface area contributed by atoms with E-state index in [-0.39, 0.29) is 30.2 Å². The molecule has 1 saturated heterocycles. The molecule has 7 nitrogen and oxygen atoms in total. The molecule has 7 heteroatoms. The Hall–Kier alpha value is -3.19. The van der Waals surface area contributed by atoms with E-state index in [2.05, 4.69) is 10.6 Å². The molecule has 30 heavy (non-hydrogen) atoms. The first kappa shape index (κ1) is 21.5. The Kier molecular flexibility index (Phi) is 7.57. The molecule has 0 spiro atoms. The van der Waals surface area contributed by atoms with Crippen LogP contribution < -0.4 is 15.5 Å². The number of esters is 1. The minimum absolute atomic E-state index is 0.162. The third-order valence-corrected chi connectivity index (χ3v) is 5.13. The van der Waals surface area contributed by atoms with Gasteiger partial charge in [-0.05, 0) is 44.0 Å². The third kappa shape index (κ3) is 5.90. The van der Waals surface area contributed by atoms with E-state index in [1.54, 1.807) is 43.3 Å². The molecule has 3 rings (SSSR count). The fourth-order valence-electron chi connectivity index (χ4n) is 3.70. The fourth-order valence-corrected chi connectivity index (χ4v) is 3.70. The lowest BCUT2D eigenvalue weighted by Crippen LogP contribution is -3.14. The van der Waals surface area contributed by atoms with Crippen LogP contribution in [0.3, 0.4) is 0 Å². The van der Waals surface area contributed by atoms with E-state index in [9.17, 15) is 14.4 Å².